The number of nitriles is 1. The molecule has 5 nitrogen and oxygen atoms in total. The smallest absolute Gasteiger partial charge is 0.276 e. The van der Waals surface area contributed by atoms with E-state index in [4.69, 9.17) is 0 Å². The molecule has 0 fully saturated rings. The van der Waals surface area contributed by atoms with Crippen molar-refractivity contribution in [3.63, 3.8) is 0 Å². The van der Waals surface area contributed by atoms with Gasteiger partial charge in [0.15, 0.2) is 0 Å². The molecule has 2 heterocycles. The number of phenolic OH excluding ortho intramolecular Hbond substituents is 1. The first-order chi connectivity index (χ1) is 9.70. The van der Waals surface area contributed by atoms with Crippen molar-refractivity contribution >= 4 is 5.65 Å². The zero-order valence-corrected chi connectivity index (χ0v) is 10.3. The number of phenols is 1. The largest absolute Gasteiger partial charge is 0.508 e. The molecule has 0 amide bonds. The molecule has 0 saturated carbocycles. The summed E-state index contributed by atoms with van der Waals surface area (Å²) in [6.07, 6.45) is 1.58. The molecule has 0 saturated heterocycles. The Bertz CT molecular complexity index is 890. The van der Waals surface area contributed by atoms with Crippen molar-refractivity contribution in [1.82, 2.24) is 9.38 Å². The molecule has 0 atom stereocenters. The van der Waals surface area contributed by atoms with Crippen LogP contribution in [0.5, 0.6) is 5.75 Å². The Kier molecular flexibility index (Phi) is 2.70. The van der Waals surface area contributed by atoms with Crippen LogP contribution in [-0.4, -0.2) is 14.5 Å². The van der Waals surface area contributed by atoms with Gasteiger partial charge in [0.05, 0.1) is 5.69 Å². The summed E-state index contributed by atoms with van der Waals surface area (Å²) < 4.78 is 1.34. The number of hydrogen-bond donors (Lipinski definition) is 1. The number of hydrogen-bond acceptors (Lipinski definition) is 4. The number of rotatable bonds is 1. The fourth-order valence-electron chi connectivity index (χ4n) is 2.02. The molecule has 0 aliphatic heterocycles. The van der Waals surface area contributed by atoms with Crippen LogP contribution in [0.15, 0.2) is 53.5 Å². The van der Waals surface area contributed by atoms with E-state index in [-0.39, 0.29) is 11.3 Å². The van der Waals surface area contributed by atoms with E-state index in [0.717, 1.165) is 0 Å². The lowest BCUT2D eigenvalue weighted by Crippen LogP contribution is -2.19. The molecule has 1 N–H and O–H groups in total. The molecule has 3 aromatic rings. The van der Waals surface area contributed by atoms with E-state index in [1.807, 2.05) is 6.07 Å². The first-order valence-corrected chi connectivity index (χ1v) is 5.91. The molecule has 1 aromatic carbocycles. The van der Waals surface area contributed by atoms with E-state index >= 15 is 0 Å². The highest BCUT2D eigenvalue weighted by atomic mass is 16.3. The molecule has 0 aliphatic rings. The Morgan fingerprint density at radius 1 is 1.15 bits per heavy atom. The van der Waals surface area contributed by atoms with Crippen molar-refractivity contribution in [2.75, 3.05) is 0 Å². The minimum Gasteiger partial charge on any atom is -0.508 e. The minimum atomic E-state index is -0.402. The fourth-order valence-corrected chi connectivity index (χ4v) is 2.02. The molecule has 0 unspecified atom stereocenters. The standard InChI is InChI=1S/C15H9N3O2/c16-9-12-14(10-4-6-11(19)7-5-10)17-13-3-1-2-8-18(13)15(12)20/h1-8,19H. The summed E-state index contributed by atoms with van der Waals surface area (Å²) in [5.41, 5.74) is 0.992. The van der Waals surface area contributed by atoms with E-state index in [9.17, 15) is 15.2 Å². The number of aromatic nitrogens is 2. The van der Waals surface area contributed by atoms with Crippen LogP contribution in [-0.2, 0) is 0 Å². The first-order valence-electron chi connectivity index (χ1n) is 5.91. The summed E-state index contributed by atoms with van der Waals surface area (Å²) >= 11 is 0. The van der Waals surface area contributed by atoms with Gasteiger partial charge in [-0.15, -0.1) is 0 Å². The molecule has 2 aromatic heterocycles. The lowest BCUT2D eigenvalue weighted by molar-refractivity contribution is 0.475. The second-order valence-electron chi connectivity index (χ2n) is 4.23. The van der Waals surface area contributed by atoms with Gasteiger partial charge >= 0.3 is 0 Å². The summed E-state index contributed by atoms with van der Waals surface area (Å²) in [5, 5.41) is 18.5. The van der Waals surface area contributed by atoms with Gasteiger partial charge in [0.1, 0.15) is 23.0 Å². The second kappa shape index (κ2) is 4.52. The Balaban J connectivity index is 2.38. The van der Waals surface area contributed by atoms with Crippen LogP contribution >= 0.6 is 0 Å². The van der Waals surface area contributed by atoms with Gasteiger partial charge in [0.25, 0.3) is 5.56 Å². The van der Waals surface area contributed by atoms with Crippen molar-refractivity contribution < 1.29 is 5.11 Å². The van der Waals surface area contributed by atoms with E-state index < -0.39 is 5.56 Å². The molecule has 0 radical (unpaired) electrons. The Morgan fingerprint density at radius 3 is 2.60 bits per heavy atom. The van der Waals surface area contributed by atoms with Crippen molar-refractivity contribution in [2.45, 2.75) is 0 Å². The third kappa shape index (κ3) is 1.80. The Hall–Kier alpha value is -3.13. The Morgan fingerprint density at radius 2 is 1.90 bits per heavy atom. The zero-order chi connectivity index (χ0) is 14.1. The quantitative estimate of drug-likeness (QED) is 0.727. The van der Waals surface area contributed by atoms with Gasteiger partial charge in [-0.3, -0.25) is 9.20 Å². The highest BCUT2D eigenvalue weighted by molar-refractivity contribution is 5.68. The molecule has 3 rings (SSSR count). The monoisotopic (exact) mass is 263 g/mol. The van der Waals surface area contributed by atoms with Gasteiger partial charge in [-0.1, -0.05) is 6.07 Å². The average Bonchev–Trinajstić information content (AvgIpc) is 2.48. The highest BCUT2D eigenvalue weighted by Gasteiger charge is 2.13. The molecule has 96 valence electrons. The van der Waals surface area contributed by atoms with E-state index in [1.165, 1.54) is 16.5 Å². The predicted molar refractivity (Wildman–Crippen MR) is 73.3 cm³/mol. The third-order valence-electron chi connectivity index (χ3n) is 2.99. The van der Waals surface area contributed by atoms with Crippen LogP contribution < -0.4 is 5.56 Å². The van der Waals surface area contributed by atoms with E-state index in [2.05, 4.69) is 4.98 Å². The third-order valence-corrected chi connectivity index (χ3v) is 2.99. The topological polar surface area (TPSA) is 78.4 Å². The van der Waals surface area contributed by atoms with Crippen LogP contribution in [0.25, 0.3) is 16.9 Å². The number of aromatic hydroxyl groups is 1. The highest BCUT2D eigenvalue weighted by Crippen LogP contribution is 2.22. The van der Waals surface area contributed by atoms with Crippen LogP contribution in [0.4, 0.5) is 0 Å². The molecule has 0 aliphatic carbocycles. The maximum absolute atomic E-state index is 12.3. The van der Waals surface area contributed by atoms with Crippen molar-refractivity contribution in [2.24, 2.45) is 0 Å². The molecular weight excluding hydrogens is 254 g/mol. The number of benzene rings is 1. The lowest BCUT2D eigenvalue weighted by Gasteiger charge is -2.06. The van der Waals surface area contributed by atoms with Crippen LogP contribution in [0, 0.1) is 11.3 Å². The first kappa shape index (κ1) is 11.9. The van der Waals surface area contributed by atoms with Crippen molar-refractivity contribution in [3.05, 3.63) is 64.6 Å². The molecule has 0 spiro atoms. The van der Waals surface area contributed by atoms with Gasteiger partial charge in [-0.2, -0.15) is 5.26 Å². The summed E-state index contributed by atoms with van der Waals surface area (Å²) in [5.74, 6) is 0.116. The van der Waals surface area contributed by atoms with Gasteiger partial charge < -0.3 is 5.11 Å². The zero-order valence-electron chi connectivity index (χ0n) is 10.3. The maximum Gasteiger partial charge on any atom is 0.276 e. The number of pyridine rings is 1. The minimum absolute atomic E-state index is 0.0145. The van der Waals surface area contributed by atoms with Gasteiger partial charge in [0, 0.05) is 11.8 Å². The maximum atomic E-state index is 12.3. The molecule has 20 heavy (non-hydrogen) atoms. The summed E-state index contributed by atoms with van der Waals surface area (Å²) in [6.45, 7) is 0. The molecular formula is C15H9N3O2. The summed E-state index contributed by atoms with van der Waals surface area (Å²) in [6, 6.07) is 13.3. The average molecular weight is 263 g/mol. The van der Waals surface area contributed by atoms with E-state index in [1.54, 1.807) is 36.5 Å². The number of fused-ring (bicyclic) bond motifs is 1. The van der Waals surface area contributed by atoms with Crippen LogP contribution in [0.2, 0.25) is 0 Å². The molecule has 5 heteroatoms. The summed E-state index contributed by atoms with van der Waals surface area (Å²) in [7, 11) is 0. The van der Waals surface area contributed by atoms with Crippen LogP contribution in [0.1, 0.15) is 5.56 Å². The SMILES string of the molecule is N#Cc1c(-c2ccc(O)cc2)nc2ccccn2c1=O. The summed E-state index contributed by atoms with van der Waals surface area (Å²) in [4.78, 5) is 16.6. The van der Waals surface area contributed by atoms with Crippen LogP contribution in [0.3, 0.4) is 0 Å². The van der Waals surface area contributed by atoms with Gasteiger partial charge in [-0.25, -0.2) is 4.98 Å². The fraction of sp³-hybridized carbons (Fsp3) is 0. The normalized spacial score (nSPS) is 10.3. The van der Waals surface area contributed by atoms with Gasteiger partial charge in [-0.05, 0) is 36.4 Å². The Labute approximate surface area is 114 Å². The van der Waals surface area contributed by atoms with Crippen molar-refractivity contribution in [3.8, 4) is 23.1 Å². The molecule has 0 bridgehead atoms. The van der Waals surface area contributed by atoms with E-state index in [0.29, 0.717) is 16.9 Å². The van der Waals surface area contributed by atoms with Gasteiger partial charge in [0.2, 0.25) is 0 Å². The second-order valence-corrected chi connectivity index (χ2v) is 4.23. The number of nitrogens with zero attached hydrogens (tertiary/aromatic N) is 3. The lowest BCUT2D eigenvalue weighted by atomic mass is 10.1. The predicted octanol–water partition coefficient (Wildman–Crippen LogP) is 1.94. The van der Waals surface area contributed by atoms with Crippen molar-refractivity contribution in [1.29, 1.82) is 5.26 Å².